The predicted molar refractivity (Wildman–Crippen MR) is 108 cm³/mol. The van der Waals surface area contributed by atoms with Gasteiger partial charge in [-0.2, -0.15) is 0 Å². The maximum absolute atomic E-state index is 4.82. The smallest absolute Gasteiger partial charge is 0.169 e. The first kappa shape index (κ1) is 16.6. The number of rotatable bonds is 3. The van der Waals surface area contributed by atoms with Crippen molar-refractivity contribution in [3.63, 3.8) is 0 Å². The molecule has 0 aliphatic carbocycles. The van der Waals surface area contributed by atoms with Gasteiger partial charge in [0.05, 0.1) is 22.0 Å². The molecule has 0 radical (unpaired) electrons. The van der Waals surface area contributed by atoms with Crippen molar-refractivity contribution in [2.75, 3.05) is 6.54 Å². The van der Waals surface area contributed by atoms with E-state index in [0.717, 1.165) is 48.1 Å². The minimum Gasteiger partial charge on any atom is -0.302 e. The average Bonchev–Trinajstić information content (AvgIpc) is 3.32. The zero-order chi connectivity index (χ0) is 18.4. The number of thiophene rings is 1. The molecule has 0 saturated heterocycles. The molecule has 4 aromatic rings. The topological polar surface area (TPSA) is 46.3 Å². The highest BCUT2D eigenvalue weighted by molar-refractivity contribution is 7.13. The summed E-state index contributed by atoms with van der Waals surface area (Å²) in [5, 5.41) is 2.07. The molecule has 0 bridgehead atoms. The molecule has 4 aromatic heterocycles. The maximum Gasteiger partial charge on any atom is 0.169 e. The zero-order valence-electron chi connectivity index (χ0n) is 15.5. The molecule has 0 fully saturated rings. The van der Waals surface area contributed by atoms with Gasteiger partial charge < -0.3 is 4.40 Å². The number of aryl methyl sites for hydroxylation is 2. The number of pyridine rings is 1. The molecule has 136 valence electrons. The van der Waals surface area contributed by atoms with Crippen molar-refractivity contribution in [2.45, 2.75) is 33.4 Å². The highest BCUT2D eigenvalue weighted by Gasteiger charge is 2.21. The van der Waals surface area contributed by atoms with Crippen molar-refractivity contribution in [1.82, 2.24) is 24.3 Å². The lowest BCUT2D eigenvalue weighted by atomic mass is 10.1. The van der Waals surface area contributed by atoms with Crippen LogP contribution in [0.25, 0.3) is 16.3 Å². The van der Waals surface area contributed by atoms with Gasteiger partial charge in [0.25, 0.3) is 0 Å². The average molecular weight is 376 g/mol. The van der Waals surface area contributed by atoms with Crippen LogP contribution in [0.3, 0.4) is 0 Å². The molecule has 5 nitrogen and oxygen atoms in total. The fourth-order valence-electron chi connectivity index (χ4n) is 3.80. The Morgan fingerprint density at radius 1 is 1.15 bits per heavy atom. The molecular formula is C21H21N5S. The minimum atomic E-state index is 0.852. The van der Waals surface area contributed by atoms with Gasteiger partial charge in [-0.3, -0.25) is 4.90 Å². The van der Waals surface area contributed by atoms with Crippen LogP contribution >= 0.6 is 11.3 Å². The van der Waals surface area contributed by atoms with E-state index in [1.54, 1.807) is 11.3 Å². The maximum atomic E-state index is 4.82. The summed E-state index contributed by atoms with van der Waals surface area (Å²) in [5.41, 5.74) is 7.09. The second-order valence-electron chi connectivity index (χ2n) is 7.13. The Kier molecular flexibility index (Phi) is 4.02. The Morgan fingerprint density at radius 2 is 2.07 bits per heavy atom. The molecule has 0 aromatic carbocycles. The van der Waals surface area contributed by atoms with Crippen molar-refractivity contribution >= 4 is 17.0 Å². The highest BCUT2D eigenvalue weighted by Crippen LogP contribution is 2.25. The Hall–Kier alpha value is -2.57. The van der Waals surface area contributed by atoms with E-state index in [2.05, 4.69) is 57.9 Å². The lowest BCUT2D eigenvalue weighted by Crippen LogP contribution is -2.31. The summed E-state index contributed by atoms with van der Waals surface area (Å²) < 4.78 is 2.23. The summed E-state index contributed by atoms with van der Waals surface area (Å²) in [5.74, 6) is 0.852. The molecule has 0 amide bonds. The Balaban J connectivity index is 1.40. The highest BCUT2D eigenvalue weighted by atomic mass is 32.1. The van der Waals surface area contributed by atoms with E-state index < -0.39 is 0 Å². The quantitative estimate of drug-likeness (QED) is 0.542. The van der Waals surface area contributed by atoms with Crippen molar-refractivity contribution in [3.8, 4) is 10.7 Å². The number of hydrogen-bond acceptors (Lipinski definition) is 5. The second kappa shape index (κ2) is 6.55. The molecule has 0 saturated carbocycles. The van der Waals surface area contributed by atoms with E-state index in [1.807, 2.05) is 12.3 Å². The Bertz CT molecular complexity index is 1110. The largest absolute Gasteiger partial charge is 0.302 e. The van der Waals surface area contributed by atoms with E-state index in [4.69, 9.17) is 9.97 Å². The molecule has 27 heavy (non-hydrogen) atoms. The van der Waals surface area contributed by atoms with Crippen LogP contribution in [0.15, 0.2) is 42.0 Å². The Labute approximate surface area is 162 Å². The standard InChI is InChI=1S/C21H21N5S/c1-14-5-3-8-26-18(15(2)23-21(14)26)13-25-9-7-17-16(12-25)11-22-20(24-17)19-6-4-10-27-19/h3-6,8,10-11H,7,9,12-13H2,1-2H3. The molecule has 0 N–H and O–H groups in total. The van der Waals surface area contributed by atoms with E-state index in [-0.39, 0.29) is 0 Å². The number of aromatic nitrogens is 4. The lowest BCUT2D eigenvalue weighted by Gasteiger charge is -2.28. The molecule has 5 rings (SSSR count). The van der Waals surface area contributed by atoms with Crippen LogP contribution in [-0.4, -0.2) is 30.8 Å². The first-order valence-corrected chi connectivity index (χ1v) is 10.1. The summed E-state index contributed by atoms with van der Waals surface area (Å²) in [4.78, 5) is 17.8. The first-order valence-electron chi connectivity index (χ1n) is 9.23. The molecule has 1 aliphatic rings. The van der Waals surface area contributed by atoms with E-state index in [1.165, 1.54) is 22.5 Å². The summed E-state index contributed by atoms with van der Waals surface area (Å²) >= 11 is 1.69. The molecule has 0 spiro atoms. The first-order chi connectivity index (χ1) is 13.2. The molecule has 6 heteroatoms. The predicted octanol–water partition coefficient (Wildman–Crippen LogP) is 4.03. The van der Waals surface area contributed by atoms with Crippen LogP contribution in [0.4, 0.5) is 0 Å². The second-order valence-corrected chi connectivity index (χ2v) is 8.08. The Morgan fingerprint density at radius 3 is 2.93 bits per heavy atom. The van der Waals surface area contributed by atoms with Crippen LogP contribution in [-0.2, 0) is 19.5 Å². The van der Waals surface area contributed by atoms with Gasteiger partial charge in [0.2, 0.25) is 0 Å². The van der Waals surface area contributed by atoms with Crippen LogP contribution < -0.4 is 0 Å². The van der Waals surface area contributed by atoms with Gasteiger partial charge in [0.1, 0.15) is 5.65 Å². The minimum absolute atomic E-state index is 0.852. The third-order valence-electron chi connectivity index (χ3n) is 5.27. The van der Waals surface area contributed by atoms with Gasteiger partial charge >= 0.3 is 0 Å². The fourth-order valence-corrected chi connectivity index (χ4v) is 4.47. The third-order valence-corrected chi connectivity index (χ3v) is 6.14. The summed E-state index contributed by atoms with van der Waals surface area (Å²) in [7, 11) is 0. The molecule has 5 heterocycles. The monoisotopic (exact) mass is 375 g/mol. The summed E-state index contributed by atoms with van der Waals surface area (Å²) in [6.45, 7) is 7.01. The number of imidazole rings is 1. The number of nitrogens with zero attached hydrogens (tertiary/aromatic N) is 5. The van der Waals surface area contributed by atoms with Crippen LogP contribution in [0.1, 0.15) is 28.2 Å². The van der Waals surface area contributed by atoms with Gasteiger partial charge in [0, 0.05) is 44.0 Å². The normalized spacial score (nSPS) is 14.6. The van der Waals surface area contributed by atoms with Gasteiger partial charge in [0.15, 0.2) is 5.82 Å². The number of hydrogen-bond donors (Lipinski definition) is 0. The fraction of sp³-hybridized carbons (Fsp3) is 0.286. The molecular weight excluding hydrogens is 354 g/mol. The molecule has 0 unspecified atom stereocenters. The van der Waals surface area contributed by atoms with Crippen molar-refractivity contribution in [2.24, 2.45) is 0 Å². The molecule has 1 aliphatic heterocycles. The lowest BCUT2D eigenvalue weighted by molar-refractivity contribution is 0.239. The van der Waals surface area contributed by atoms with Crippen molar-refractivity contribution in [1.29, 1.82) is 0 Å². The van der Waals surface area contributed by atoms with Crippen molar-refractivity contribution in [3.05, 3.63) is 70.2 Å². The molecule has 0 atom stereocenters. The summed E-state index contributed by atoms with van der Waals surface area (Å²) in [6.07, 6.45) is 5.09. The van der Waals surface area contributed by atoms with Gasteiger partial charge in [-0.25, -0.2) is 15.0 Å². The zero-order valence-corrected chi connectivity index (χ0v) is 16.3. The van der Waals surface area contributed by atoms with Gasteiger partial charge in [-0.15, -0.1) is 11.3 Å². The van der Waals surface area contributed by atoms with Crippen LogP contribution in [0.2, 0.25) is 0 Å². The van der Waals surface area contributed by atoms with Gasteiger partial charge in [-0.1, -0.05) is 12.1 Å². The van der Waals surface area contributed by atoms with Crippen LogP contribution in [0.5, 0.6) is 0 Å². The van der Waals surface area contributed by atoms with Crippen molar-refractivity contribution < 1.29 is 0 Å². The third kappa shape index (κ3) is 2.95. The summed E-state index contributed by atoms with van der Waals surface area (Å²) in [6, 6.07) is 8.34. The number of fused-ring (bicyclic) bond motifs is 2. The van der Waals surface area contributed by atoms with E-state index >= 15 is 0 Å². The van der Waals surface area contributed by atoms with E-state index in [0.29, 0.717) is 0 Å². The van der Waals surface area contributed by atoms with Crippen LogP contribution in [0, 0.1) is 13.8 Å². The SMILES string of the molecule is Cc1nc2c(C)cccn2c1CN1CCc2nc(-c3cccs3)ncc2C1. The van der Waals surface area contributed by atoms with E-state index in [9.17, 15) is 0 Å². The van der Waals surface area contributed by atoms with Gasteiger partial charge in [-0.05, 0) is 36.9 Å².